The summed E-state index contributed by atoms with van der Waals surface area (Å²) in [5, 5.41) is 3.27. The number of amides is 2. The highest BCUT2D eigenvalue weighted by molar-refractivity contribution is 6.24. The molecule has 2 amide bonds. The highest BCUT2D eigenvalue weighted by Gasteiger charge is 2.54. The third-order valence-corrected chi connectivity index (χ3v) is 5.70. The van der Waals surface area contributed by atoms with Gasteiger partial charge in [0, 0.05) is 13.1 Å². The second-order valence-electron chi connectivity index (χ2n) is 7.40. The molecule has 148 valence electrons. The van der Waals surface area contributed by atoms with E-state index in [4.69, 9.17) is 9.73 Å². The number of morpholine rings is 1. The maximum atomic E-state index is 13.4. The average Bonchev–Trinajstić information content (AvgIpc) is 3.05. The Morgan fingerprint density at radius 3 is 2.24 bits per heavy atom. The Morgan fingerprint density at radius 1 is 0.897 bits per heavy atom. The number of carbonyl (C=O) groups is 2. The number of rotatable bonds is 2. The topological polar surface area (TPSA) is 74.2 Å². The molecule has 2 aromatic carbocycles. The van der Waals surface area contributed by atoms with Crippen molar-refractivity contribution in [2.45, 2.75) is 12.1 Å². The zero-order valence-corrected chi connectivity index (χ0v) is 15.9. The van der Waals surface area contributed by atoms with Crippen LogP contribution in [0.5, 0.6) is 0 Å². The van der Waals surface area contributed by atoms with Crippen molar-refractivity contribution in [3.8, 4) is 0 Å². The standard InChI is InChI=1S/C22H22N4O3/c27-20-17-18(15-7-3-1-4-8-15)23-22(25-11-13-29-14-12-25)24-19(17)21(28)26(20)16-9-5-2-6-10-16/h1-10,17-19H,11-14H2,(H,23,24)/t17-,18-,19-/m1/s1. The molecule has 3 heterocycles. The van der Waals surface area contributed by atoms with Gasteiger partial charge in [0.25, 0.3) is 5.91 Å². The number of anilines is 1. The molecule has 0 saturated carbocycles. The third kappa shape index (κ3) is 3.07. The minimum Gasteiger partial charge on any atom is -0.378 e. The molecule has 0 unspecified atom stereocenters. The smallest absolute Gasteiger partial charge is 0.257 e. The molecule has 7 heteroatoms. The van der Waals surface area contributed by atoms with E-state index in [2.05, 4.69) is 10.2 Å². The number of hydrogen-bond donors (Lipinski definition) is 1. The molecule has 2 saturated heterocycles. The lowest BCUT2D eigenvalue weighted by Gasteiger charge is -2.37. The molecule has 7 nitrogen and oxygen atoms in total. The summed E-state index contributed by atoms with van der Waals surface area (Å²) in [4.78, 5) is 35.0. The number of guanidine groups is 1. The number of nitrogens with one attached hydrogen (secondary N) is 1. The maximum absolute atomic E-state index is 13.4. The number of fused-ring (bicyclic) bond motifs is 1. The zero-order chi connectivity index (χ0) is 19.8. The lowest BCUT2D eigenvalue weighted by atomic mass is 9.87. The molecule has 0 radical (unpaired) electrons. The number of hydrogen-bond acceptors (Lipinski definition) is 6. The summed E-state index contributed by atoms with van der Waals surface area (Å²) in [6, 6.07) is 17.8. The first-order chi connectivity index (χ1) is 14.2. The molecule has 3 aliphatic rings. The highest BCUT2D eigenvalue weighted by atomic mass is 16.5. The summed E-state index contributed by atoms with van der Waals surface area (Å²) in [6.07, 6.45) is 0. The third-order valence-electron chi connectivity index (χ3n) is 5.70. The van der Waals surface area contributed by atoms with Gasteiger partial charge in [-0.25, -0.2) is 9.89 Å². The lowest BCUT2D eigenvalue weighted by Crippen LogP contribution is -2.56. The molecule has 1 N–H and O–H groups in total. The van der Waals surface area contributed by atoms with E-state index in [9.17, 15) is 9.59 Å². The summed E-state index contributed by atoms with van der Waals surface area (Å²) >= 11 is 0. The van der Waals surface area contributed by atoms with Crippen LogP contribution in [0.25, 0.3) is 0 Å². The highest BCUT2D eigenvalue weighted by Crippen LogP contribution is 2.39. The first-order valence-electron chi connectivity index (χ1n) is 9.89. The van der Waals surface area contributed by atoms with Crippen molar-refractivity contribution >= 4 is 23.5 Å². The van der Waals surface area contributed by atoms with E-state index in [1.165, 1.54) is 4.90 Å². The Morgan fingerprint density at radius 2 is 1.55 bits per heavy atom. The summed E-state index contributed by atoms with van der Waals surface area (Å²) < 4.78 is 5.45. The van der Waals surface area contributed by atoms with Crippen molar-refractivity contribution in [1.82, 2.24) is 10.2 Å². The number of benzene rings is 2. The number of para-hydroxylation sites is 1. The van der Waals surface area contributed by atoms with E-state index in [-0.39, 0.29) is 11.8 Å². The second-order valence-corrected chi connectivity index (χ2v) is 7.40. The van der Waals surface area contributed by atoms with E-state index < -0.39 is 18.0 Å². The van der Waals surface area contributed by atoms with Crippen LogP contribution >= 0.6 is 0 Å². The number of imide groups is 1. The lowest BCUT2D eigenvalue weighted by molar-refractivity contribution is -0.122. The van der Waals surface area contributed by atoms with Crippen LogP contribution in [0.3, 0.4) is 0 Å². The molecule has 5 rings (SSSR count). The van der Waals surface area contributed by atoms with Gasteiger partial charge in [-0.15, -0.1) is 0 Å². The van der Waals surface area contributed by atoms with Crippen molar-refractivity contribution in [3.05, 3.63) is 66.2 Å². The van der Waals surface area contributed by atoms with Crippen molar-refractivity contribution in [3.63, 3.8) is 0 Å². The SMILES string of the molecule is O=C1[C@@H]2[C@@H](c3ccccc3)N=C(N3CCOCC3)N[C@H]2C(=O)N1c1ccccc1. The summed E-state index contributed by atoms with van der Waals surface area (Å²) in [5.74, 6) is -0.348. The average molecular weight is 390 g/mol. The Balaban J connectivity index is 1.55. The van der Waals surface area contributed by atoms with E-state index in [1.54, 1.807) is 12.1 Å². The normalized spacial score (nSPS) is 26.8. The molecule has 0 spiro atoms. The fourth-order valence-electron chi connectivity index (χ4n) is 4.26. The van der Waals surface area contributed by atoms with Gasteiger partial charge in [0.05, 0.1) is 30.9 Å². The van der Waals surface area contributed by atoms with Crippen LogP contribution in [0, 0.1) is 5.92 Å². The largest absolute Gasteiger partial charge is 0.378 e. The molecule has 0 aliphatic carbocycles. The number of carbonyl (C=O) groups excluding carboxylic acids is 2. The summed E-state index contributed by atoms with van der Waals surface area (Å²) in [6.45, 7) is 2.65. The van der Waals surface area contributed by atoms with Gasteiger partial charge >= 0.3 is 0 Å². The van der Waals surface area contributed by atoms with E-state index >= 15 is 0 Å². The zero-order valence-electron chi connectivity index (χ0n) is 15.9. The van der Waals surface area contributed by atoms with Gasteiger partial charge < -0.3 is 15.0 Å². The molecule has 2 aromatic rings. The maximum Gasteiger partial charge on any atom is 0.257 e. The minimum atomic E-state index is -0.636. The number of nitrogens with zero attached hydrogens (tertiary/aromatic N) is 3. The van der Waals surface area contributed by atoms with E-state index in [0.717, 1.165) is 5.56 Å². The Kier molecular flexibility index (Phi) is 4.52. The van der Waals surface area contributed by atoms with Gasteiger partial charge in [0.1, 0.15) is 6.04 Å². The van der Waals surface area contributed by atoms with Gasteiger partial charge in [-0.05, 0) is 17.7 Å². The van der Waals surface area contributed by atoms with Gasteiger partial charge in [-0.1, -0.05) is 48.5 Å². The van der Waals surface area contributed by atoms with Crippen LogP contribution in [-0.4, -0.2) is 55.0 Å². The van der Waals surface area contributed by atoms with Crippen LogP contribution in [0.15, 0.2) is 65.7 Å². The van der Waals surface area contributed by atoms with Crippen LogP contribution < -0.4 is 10.2 Å². The van der Waals surface area contributed by atoms with Crippen molar-refractivity contribution in [1.29, 1.82) is 0 Å². The minimum absolute atomic E-state index is 0.211. The molecule has 2 fully saturated rings. The van der Waals surface area contributed by atoms with Crippen molar-refractivity contribution in [2.75, 3.05) is 31.2 Å². The first kappa shape index (κ1) is 17.9. The predicted octanol–water partition coefficient (Wildman–Crippen LogP) is 1.58. The summed E-state index contributed by atoms with van der Waals surface area (Å²) in [7, 11) is 0. The van der Waals surface area contributed by atoms with Crippen LogP contribution in [0.1, 0.15) is 11.6 Å². The van der Waals surface area contributed by atoms with Gasteiger partial charge in [-0.2, -0.15) is 0 Å². The van der Waals surface area contributed by atoms with E-state index in [1.807, 2.05) is 48.5 Å². The Hall–Kier alpha value is -3.19. The molecule has 0 aromatic heterocycles. The Labute approximate surface area is 169 Å². The molecule has 3 atom stereocenters. The number of ether oxygens (including phenoxy) is 1. The van der Waals surface area contributed by atoms with Gasteiger partial charge in [-0.3, -0.25) is 9.59 Å². The molecular weight excluding hydrogens is 368 g/mol. The summed E-state index contributed by atoms with van der Waals surface area (Å²) in [5.41, 5.74) is 1.53. The molecular formula is C22H22N4O3. The predicted molar refractivity (Wildman–Crippen MR) is 108 cm³/mol. The van der Waals surface area contributed by atoms with Crippen LogP contribution in [0.4, 0.5) is 5.69 Å². The fourth-order valence-corrected chi connectivity index (χ4v) is 4.26. The Bertz CT molecular complexity index is 941. The van der Waals surface area contributed by atoms with Crippen LogP contribution in [-0.2, 0) is 14.3 Å². The second kappa shape index (κ2) is 7.33. The number of aliphatic imine (C=N–C) groups is 1. The van der Waals surface area contributed by atoms with Crippen LogP contribution in [0.2, 0.25) is 0 Å². The van der Waals surface area contributed by atoms with Crippen molar-refractivity contribution < 1.29 is 14.3 Å². The van der Waals surface area contributed by atoms with Gasteiger partial charge in [0.15, 0.2) is 5.96 Å². The van der Waals surface area contributed by atoms with E-state index in [0.29, 0.717) is 38.0 Å². The first-order valence-corrected chi connectivity index (χ1v) is 9.89. The van der Waals surface area contributed by atoms with Crippen molar-refractivity contribution in [2.24, 2.45) is 10.9 Å². The molecule has 3 aliphatic heterocycles. The fraction of sp³-hybridized carbons (Fsp3) is 0.318. The molecule has 29 heavy (non-hydrogen) atoms. The quantitative estimate of drug-likeness (QED) is 0.788. The van der Waals surface area contributed by atoms with Gasteiger partial charge in [0.2, 0.25) is 5.91 Å². The monoisotopic (exact) mass is 390 g/mol. The molecule has 0 bridgehead atoms.